The molecule has 4 rings (SSSR count). The zero-order valence-electron chi connectivity index (χ0n) is 17.5. The van der Waals surface area contributed by atoms with Crippen molar-refractivity contribution in [1.29, 1.82) is 10.5 Å². The molecule has 0 bridgehead atoms. The normalized spacial score (nSPS) is 9.75. The van der Waals surface area contributed by atoms with Crippen LogP contribution < -0.4 is 5.73 Å². The third-order valence-corrected chi connectivity index (χ3v) is 5.66. The van der Waals surface area contributed by atoms with Crippen molar-refractivity contribution in [2.75, 3.05) is 0 Å². The Morgan fingerprint density at radius 3 is 1.38 bits per heavy atom. The van der Waals surface area contributed by atoms with Gasteiger partial charge in [0.1, 0.15) is 0 Å². The van der Waals surface area contributed by atoms with Gasteiger partial charge in [-0.3, -0.25) is 0 Å². The highest BCUT2D eigenvalue weighted by Crippen LogP contribution is 2.24. The minimum Gasteiger partial charge on any atom is -0.326 e. The lowest BCUT2D eigenvalue weighted by molar-refractivity contribution is 1.07. The molecule has 32 heavy (non-hydrogen) atoms. The second-order valence-corrected chi connectivity index (χ2v) is 7.61. The van der Waals surface area contributed by atoms with Crippen LogP contribution in [0.25, 0.3) is 22.3 Å². The van der Waals surface area contributed by atoms with Crippen molar-refractivity contribution in [3.8, 4) is 34.4 Å². The van der Waals surface area contributed by atoms with E-state index in [4.69, 9.17) is 16.3 Å². The van der Waals surface area contributed by atoms with Gasteiger partial charge >= 0.3 is 0 Å². The fourth-order valence-electron chi connectivity index (χ4n) is 3.26. The van der Waals surface area contributed by atoms with E-state index in [1.165, 1.54) is 5.56 Å². The van der Waals surface area contributed by atoms with Crippen LogP contribution in [-0.2, 0) is 11.9 Å². The topological polar surface area (TPSA) is 73.6 Å². The second-order valence-electron chi connectivity index (χ2n) is 7.05. The van der Waals surface area contributed by atoms with E-state index in [2.05, 4.69) is 40.2 Å². The third kappa shape index (κ3) is 5.71. The lowest BCUT2D eigenvalue weighted by atomic mass is 9.99. The Hall–Kier alpha value is -3.70. The Balaban J connectivity index is 0.000000181. The van der Waals surface area contributed by atoms with Gasteiger partial charge in [0.25, 0.3) is 0 Å². The van der Waals surface area contributed by atoms with Gasteiger partial charge in [-0.15, -0.1) is 0 Å². The van der Waals surface area contributed by atoms with E-state index in [1.807, 2.05) is 84.9 Å². The van der Waals surface area contributed by atoms with Crippen LogP contribution in [0.15, 0.2) is 97.1 Å². The fraction of sp³-hybridized carbons (Fsp3) is 0.0714. The van der Waals surface area contributed by atoms with Crippen molar-refractivity contribution in [3.63, 3.8) is 0 Å². The van der Waals surface area contributed by atoms with Crippen LogP contribution in [0, 0.1) is 22.7 Å². The Labute approximate surface area is 197 Å². The van der Waals surface area contributed by atoms with E-state index < -0.39 is 0 Å². The van der Waals surface area contributed by atoms with E-state index in [9.17, 15) is 0 Å². The van der Waals surface area contributed by atoms with Gasteiger partial charge in [-0.2, -0.15) is 10.5 Å². The summed E-state index contributed by atoms with van der Waals surface area (Å²) < 4.78 is 0. The maximum absolute atomic E-state index is 9.02. The number of nitrogens with zero attached hydrogens (tertiary/aromatic N) is 2. The molecule has 4 heteroatoms. The summed E-state index contributed by atoms with van der Waals surface area (Å²) in [5.41, 5.74) is 13.4. The molecule has 0 unspecified atom stereocenters. The zero-order valence-corrected chi connectivity index (χ0v) is 19.1. The van der Waals surface area contributed by atoms with Crippen LogP contribution in [0.5, 0.6) is 0 Å². The molecule has 0 aliphatic carbocycles. The summed E-state index contributed by atoms with van der Waals surface area (Å²) >= 11 is 3.41. The number of nitriles is 2. The summed E-state index contributed by atoms with van der Waals surface area (Å²) in [7, 11) is 0. The number of halogens is 1. The third-order valence-electron chi connectivity index (χ3n) is 5.01. The van der Waals surface area contributed by atoms with E-state index in [1.54, 1.807) is 0 Å². The molecule has 3 nitrogen and oxygen atoms in total. The van der Waals surface area contributed by atoms with Gasteiger partial charge in [0.05, 0.1) is 23.3 Å². The molecule has 0 heterocycles. The minimum atomic E-state index is 0.542. The quantitative estimate of drug-likeness (QED) is 0.326. The molecule has 0 fully saturated rings. The summed E-state index contributed by atoms with van der Waals surface area (Å²) in [5.74, 6) is 0. The lowest BCUT2D eigenvalue weighted by Crippen LogP contribution is -1.95. The van der Waals surface area contributed by atoms with Crippen molar-refractivity contribution >= 4 is 15.9 Å². The monoisotopic (exact) mass is 479 g/mol. The minimum absolute atomic E-state index is 0.542. The molecular formula is C28H22BrN3. The molecule has 0 atom stereocenters. The maximum atomic E-state index is 9.02. The van der Waals surface area contributed by atoms with Crippen molar-refractivity contribution in [2.24, 2.45) is 5.73 Å². The summed E-state index contributed by atoms with van der Waals surface area (Å²) in [5, 5.41) is 18.9. The summed E-state index contributed by atoms with van der Waals surface area (Å²) in [6.45, 7) is 0.542. The highest BCUT2D eigenvalue weighted by molar-refractivity contribution is 9.08. The maximum Gasteiger partial charge on any atom is 0.0998 e. The SMILES string of the molecule is N#Cc1ccccc1-c1ccc(CBr)cc1.N#Cc1ccccc1-c1ccc(CN)cc1. The number of nitrogens with two attached hydrogens (primary N) is 1. The first-order chi connectivity index (χ1) is 15.7. The van der Waals surface area contributed by atoms with Gasteiger partial charge in [-0.25, -0.2) is 0 Å². The van der Waals surface area contributed by atoms with E-state index in [0.717, 1.165) is 33.1 Å². The van der Waals surface area contributed by atoms with Crippen molar-refractivity contribution < 1.29 is 0 Å². The molecule has 0 saturated carbocycles. The van der Waals surface area contributed by atoms with Crippen molar-refractivity contribution in [1.82, 2.24) is 0 Å². The average molecular weight is 480 g/mol. The molecule has 0 radical (unpaired) electrons. The summed E-state index contributed by atoms with van der Waals surface area (Å²) in [6.07, 6.45) is 0. The molecule has 0 saturated heterocycles. The van der Waals surface area contributed by atoms with Crippen LogP contribution in [0.4, 0.5) is 0 Å². The second kappa shape index (κ2) is 11.6. The standard InChI is InChI=1S/C14H10BrN.C14H12N2/c2*15-9-11-5-7-12(8-6-11)14-4-2-1-3-13(14)10-16/h1-8H,9H2;1-8H,9,15H2. The van der Waals surface area contributed by atoms with E-state index in [-0.39, 0.29) is 0 Å². The first-order valence-electron chi connectivity index (χ1n) is 10.1. The highest BCUT2D eigenvalue weighted by atomic mass is 79.9. The first-order valence-corrected chi connectivity index (χ1v) is 11.2. The average Bonchev–Trinajstić information content (AvgIpc) is 2.89. The Kier molecular flexibility index (Phi) is 8.35. The summed E-state index contributed by atoms with van der Waals surface area (Å²) in [4.78, 5) is 0. The molecule has 0 aliphatic rings. The number of rotatable bonds is 4. The van der Waals surface area contributed by atoms with Crippen LogP contribution in [0.3, 0.4) is 0 Å². The van der Waals surface area contributed by atoms with Gasteiger partial charge in [0, 0.05) is 11.9 Å². The predicted octanol–water partition coefficient (Wildman–Crippen LogP) is 6.80. The lowest BCUT2D eigenvalue weighted by Gasteiger charge is -2.04. The Morgan fingerprint density at radius 2 is 1.00 bits per heavy atom. The highest BCUT2D eigenvalue weighted by Gasteiger charge is 2.04. The molecule has 156 valence electrons. The fourth-order valence-corrected chi connectivity index (χ4v) is 3.63. The molecule has 4 aromatic rings. The molecule has 2 N–H and O–H groups in total. The van der Waals surface area contributed by atoms with Crippen LogP contribution in [0.1, 0.15) is 22.3 Å². The van der Waals surface area contributed by atoms with Crippen LogP contribution in [-0.4, -0.2) is 0 Å². The smallest absolute Gasteiger partial charge is 0.0998 e. The largest absolute Gasteiger partial charge is 0.326 e. The zero-order chi connectivity index (χ0) is 22.8. The Bertz CT molecular complexity index is 1150. The number of alkyl halides is 1. The van der Waals surface area contributed by atoms with Gasteiger partial charge in [-0.1, -0.05) is 101 Å². The van der Waals surface area contributed by atoms with Crippen molar-refractivity contribution in [2.45, 2.75) is 11.9 Å². The first kappa shape index (κ1) is 23.0. The molecule has 0 aliphatic heterocycles. The van der Waals surface area contributed by atoms with Gasteiger partial charge < -0.3 is 5.73 Å². The van der Waals surface area contributed by atoms with Gasteiger partial charge in [0.15, 0.2) is 0 Å². The Morgan fingerprint density at radius 1 is 0.594 bits per heavy atom. The van der Waals surface area contributed by atoms with Gasteiger partial charge in [0.2, 0.25) is 0 Å². The molecule has 4 aromatic carbocycles. The summed E-state index contributed by atoms with van der Waals surface area (Å²) in [6, 6.07) is 35.9. The number of hydrogen-bond acceptors (Lipinski definition) is 3. The van der Waals surface area contributed by atoms with Crippen molar-refractivity contribution in [3.05, 3.63) is 119 Å². The number of benzene rings is 4. The van der Waals surface area contributed by atoms with Crippen LogP contribution >= 0.6 is 15.9 Å². The van der Waals surface area contributed by atoms with E-state index >= 15 is 0 Å². The van der Waals surface area contributed by atoms with Crippen LogP contribution in [0.2, 0.25) is 0 Å². The molecular weight excluding hydrogens is 458 g/mol. The molecule has 0 amide bonds. The van der Waals surface area contributed by atoms with Gasteiger partial charge in [-0.05, 0) is 45.5 Å². The predicted molar refractivity (Wildman–Crippen MR) is 134 cm³/mol. The molecule has 0 aromatic heterocycles. The number of hydrogen-bond donors (Lipinski definition) is 1. The molecule has 0 spiro atoms. The van der Waals surface area contributed by atoms with E-state index in [0.29, 0.717) is 17.7 Å².